The zero-order chi connectivity index (χ0) is 13.8. The maximum atomic E-state index is 12.4. The molecule has 2 atom stereocenters. The maximum absolute atomic E-state index is 12.4. The minimum absolute atomic E-state index is 0.137. The zero-order valence-electron chi connectivity index (χ0n) is 10.8. The summed E-state index contributed by atoms with van der Waals surface area (Å²) in [4.78, 5) is 26.6. The van der Waals surface area contributed by atoms with Crippen LogP contribution >= 0.6 is 0 Å². The van der Waals surface area contributed by atoms with E-state index < -0.39 is 11.9 Å². The topological polar surface area (TPSA) is 90.3 Å². The van der Waals surface area contributed by atoms with E-state index in [1.165, 1.54) is 0 Å². The Morgan fingerprint density at radius 1 is 1.32 bits per heavy atom. The minimum Gasteiger partial charge on any atom is -0.481 e. The minimum atomic E-state index is -0.849. The molecule has 0 saturated carbocycles. The lowest BCUT2D eigenvalue weighted by Crippen LogP contribution is -2.56. The van der Waals surface area contributed by atoms with Gasteiger partial charge in [-0.2, -0.15) is 0 Å². The van der Waals surface area contributed by atoms with Gasteiger partial charge in [-0.15, -0.1) is 0 Å². The molecule has 2 heterocycles. The lowest BCUT2D eigenvalue weighted by molar-refractivity contribution is -0.143. The number of hydrogen-bond donors (Lipinski definition) is 2. The highest BCUT2D eigenvalue weighted by molar-refractivity contribution is 5.77. The number of rotatable bonds is 2. The van der Waals surface area contributed by atoms with Crippen LogP contribution in [0, 0.1) is 5.92 Å². The number of carboxylic acid groups (broad SMARTS) is 1. The molecule has 0 radical (unpaired) electrons. The number of urea groups is 1. The van der Waals surface area contributed by atoms with Crippen molar-refractivity contribution in [3.05, 3.63) is 0 Å². The first-order valence-electron chi connectivity index (χ1n) is 6.60. The van der Waals surface area contributed by atoms with Gasteiger partial charge in [-0.25, -0.2) is 4.79 Å². The van der Waals surface area contributed by atoms with Gasteiger partial charge >= 0.3 is 12.0 Å². The van der Waals surface area contributed by atoms with Crippen LogP contribution in [0.3, 0.4) is 0 Å². The first kappa shape index (κ1) is 14.1. The van der Waals surface area contributed by atoms with Crippen molar-refractivity contribution in [1.82, 2.24) is 9.80 Å². The Bertz CT molecular complexity index is 349. The van der Waals surface area contributed by atoms with E-state index >= 15 is 0 Å². The fourth-order valence-electron chi connectivity index (χ4n) is 2.59. The number of carbonyl (C=O) groups excluding carboxylic acids is 1. The Morgan fingerprint density at radius 2 is 2.11 bits per heavy atom. The van der Waals surface area contributed by atoms with E-state index in [2.05, 4.69) is 0 Å². The third-order valence-corrected chi connectivity index (χ3v) is 3.73. The predicted octanol–water partition coefficient (Wildman–Crippen LogP) is -0.404. The number of amides is 2. The summed E-state index contributed by atoms with van der Waals surface area (Å²) in [5.74, 6) is -1.33. The molecule has 0 aromatic heterocycles. The van der Waals surface area contributed by atoms with Crippen LogP contribution in [-0.4, -0.2) is 77.5 Å². The van der Waals surface area contributed by atoms with Crippen LogP contribution in [0.25, 0.3) is 0 Å². The number of ether oxygens (including phenoxy) is 1. The van der Waals surface area contributed by atoms with Gasteiger partial charge < -0.3 is 24.7 Å². The zero-order valence-corrected chi connectivity index (χ0v) is 10.8. The summed E-state index contributed by atoms with van der Waals surface area (Å²) in [5.41, 5.74) is 0. The highest BCUT2D eigenvalue weighted by Gasteiger charge is 2.34. The number of aliphatic hydroxyl groups excluding tert-OH is 1. The molecule has 2 rings (SSSR count). The second-order valence-corrected chi connectivity index (χ2v) is 5.01. The summed E-state index contributed by atoms with van der Waals surface area (Å²) in [5, 5.41) is 18.3. The molecule has 2 fully saturated rings. The molecule has 19 heavy (non-hydrogen) atoms. The van der Waals surface area contributed by atoms with Crippen molar-refractivity contribution in [3.8, 4) is 0 Å². The normalized spacial score (nSPS) is 28.3. The number of carboxylic acids is 1. The summed E-state index contributed by atoms with van der Waals surface area (Å²) >= 11 is 0. The summed E-state index contributed by atoms with van der Waals surface area (Å²) in [6.45, 7) is 1.93. The summed E-state index contributed by atoms with van der Waals surface area (Å²) in [7, 11) is 0. The highest BCUT2D eigenvalue weighted by Crippen LogP contribution is 2.19. The van der Waals surface area contributed by atoms with Gasteiger partial charge in [0.05, 0.1) is 31.8 Å². The van der Waals surface area contributed by atoms with Gasteiger partial charge in [0, 0.05) is 19.6 Å². The maximum Gasteiger partial charge on any atom is 0.320 e. The van der Waals surface area contributed by atoms with E-state index in [4.69, 9.17) is 9.84 Å². The van der Waals surface area contributed by atoms with E-state index in [-0.39, 0.29) is 25.2 Å². The Morgan fingerprint density at radius 3 is 2.79 bits per heavy atom. The molecule has 0 aliphatic carbocycles. The Balaban J connectivity index is 1.99. The van der Waals surface area contributed by atoms with Crippen molar-refractivity contribution in [3.63, 3.8) is 0 Å². The standard InChI is InChI=1S/C12H20N2O5/c15-7-10-8-19-5-4-14(10)12(18)13-3-1-2-9(6-13)11(16)17/h9-10,15H,1-8H2,(H,16,17)/t9-,10?/m1/s1. The van der Waals surface area contributed by atoms with Crippen LogP contribution in [0.15, 0.2) is 0 Å². The second-order valence-electron chi connectivity index (χ2n) is 5.01. The number of aliphatic hydroxyl groups is 1. The fourth-order valence-corrected chi connectivity index (χ4v) is 2.59. The average Bonchev–Trinajstić information content (AvgIpc) is 2.46. The van der Waals surface area contributed by atoms with Gasteiger partial charge in [0.25, 0.3) is 0 Å². The third kappa shape index (κ3) is 3.16. The highest BCUT2D eigenvalue weighted by atomic mass is 16.5. The van der Waals surface area contributed by atoms with Gasteiger partial charge in [-0.1, -0.05) is 0 Å². The smallest absolute Gasteiger partial charge is 0.320 e. The van der Waals surface area contributed by atoms with Gasteiger partial charge in [-0.3, -0.25) is 4.79 Å². The number of hydrogen-bond acceptors (Lipinski definition) is 4. The first-order chi connectivity index (χ1) is 9.13. The molecule has 2 aliphatic heterocycles. The number of aliphatic carboxylic acids is 1. The van der Waals surface area contributed by atoms with Crippen molar-refractivity contribution in [2.45, 2.75) is 18.9 Å². The summed E-state index contributed by atoms with van der Waals surface area (Å²) < 4.78 is 5.23. The van der Waals surface area contributed by atoms with E-state index in [0.29, 0.717) is 39.1 Å². The Kier molecular flexibility index (Phi) is 4.60. The van der Waals surface area contributed by atoms with Crippen molar-refractivity contribution < 1.29 is 24.5 Å². The van der Waals surface area contributed by atoms with Gasteiger partial charge in [-0.05, 0) is 12.8 Å². The van der Waals surface area contributed by atoms with Crippen molar-refractivity contribution >= 4 is 12.0 Å². The number of morpholine rings is 1. The molecular formula is C12H20N2O5. The SMILES string of the molecule is O=C(O)[C@@H]1CCCN(C(=O)N2CCOCC2CO)C1. The third-order valence-electron chi connectivity index (χ3n) is 3.73. The molecule has 0 aromatic rings. The molecular weight excluding hydrogens is 252 g/mol. The molecule has 2 N–H and O–H groups in total. The van der Waals surface area contributed by atoms with Gasteiger partial charge in [0.15, 0.2) is 0 Å². The Hall–Kier alpha value is -1.34. The predicted molar refractivity (Wildman–Crippen MR) is 65.7 cm³/mol. The van der Waals surface area contributed by atoms with Crippen molar-refractivity contribution in [2.75, 3.05) is 39.5 Å². The van der Waals surface area contributed by atoms with E-state index in [0.717, 1.165) is 0 Å². The monoisotopic (exact) mass is 272 g/mol. The van der Waals surface area contributed by atoms with Crippen LogP contribution < -0.4 is 0 Å². The average molecular weight is 272 g/mol. The molecule has 2 saturated heterocycles. The van der Waals surface area contributed by atoms with Crippen LogP contribution in [0.1, 0.15) is 12.8 Å². The first-order valence-corrected chi connectivity index (χ1v) is 6.60. The van der Waals surface area contributed by atoms with Gasteiger partial charge in [0.2, 0.25) is 0 Å². The largest absolute Gasteiger partial charge is 0.481 e. The number of nitrogens with zero attached hydrogens (tertiary/aromatic N) is 2. The molecule has 7 heteroatoms. The van der Waals surface area contributed by atoms with E-state index in [1.807, 2.05) is 0 Å². The number of carbonyl (C=O) groups is 2. The van der Waals surface area contributed by atoms with Crippen molar-refractivity contribution in [1.29, 1.82) is 0 Å². The van der Waals surface area contributed by atoms with E-state index in [9.17, 15) is 14.7 Å². The lowest BCUT2D eigenvalue weighted by Gasteiger charge is -2.40. The number of likely N-dealkylation sites (tertiary alicyclic amines) is 1. The molecule has 2 amide bonds. The summed E-state index contributed by atoms with van der Waals surface area (Å²) in [6, 6.07) is -0.514. The Labute approximate surface area is 111 Å². The van der Waals surface area contributed by atoms with Crippen LogP contribution in [0.2, 0.25) is 0 Å². The van der Waals surface area contributed by atoms with Crippen LogP contribution in [0.5, 0.6) is 0 Å². The van der Waals surface area contributed by atoms with E-state index in [1.54, 1.807) is 9.80 Å². The number of piperidine rings is 1. The molecule has 7 nitrogen and oxygen atoms in total. The molecule has 1 unspecified atom stereocenters. The quantitative estimate of drug-likeness (QED) is 0.713. The molecule has 0 bridgehead atoms. The molecule has 0 aromatic carbocycles. The lowest BCUT2D eigenvalue weighted by atomic mass is 9.98. The van der Waals surface area contributed by atoms with Crippen LogP contribution in [0.4, 0.5) is 4.79 Å². The summed E-state index contributed by atoms with van der Waals surface area (Å²) in [6.07, 6.45) is 1.32. The van der Waals surface area contributed by atoms with Crippen molar-refractivity contribution in [2.24, 2.45) is 5.92 Å². The molecule has 0 spiro atoms. The molecule has 2 aliphatic rings. The van der Waals surface area contributed by atoms with Crippen LogP contribution in [-0.2, 0) is 9.53 Å². The second kappa shape index (κ2) is 6.21. The fraction of sp³-hybridized carbons (Fsp3) is 0.833. The molecule has 108 valence electrons. The van der Waals surface area contributed by atoms with Gasteiger partial charge in [0.1, 0.15) is 0 Å².